The zero-order chi connectivity index (χ0) is 22.0. The van der Waals surface area contributed by atoms with Crippen LogP contribution in [0.3, 0.4) is 0 Å². The smallest absolute Gasteiger partial charge is 0.333 e. The Labute approximate surface area is 181 Å². The van der Waals surface area contributed by atoms with Gasteiger partial charge < -0.3 is 4.98 Å². The summed E-state index contributed by atoms with van der Waals surface area (Å²) in [5, 5.41) is 0.971. The molecule has 0 spiro atoms. The van der Waals surface area contributed by atoms with E-state index in [9.17, 15) is 18.4 Å². The molecule has 0 bridgehead atoms. The SMILES string of the molecule is O=C1[C@H]2Cc3c([nH]c4ccccc34)[C@H](c3ccc(F)cc3)N2C(=O)N1c1ccccc1F. The number of rotatable bonds is 2. The number of halogens is 2. The molecule has 7 heteroatoms. The highest BCUT2D eigenvalue weighted by Crippen LogP contribution is 2.45. The molecule has 3 heterocycles. The topological polar surface area (TPSA) is 56.4 Å². The lowest BCUT2D eigenvalue weighted by molar-refractivity contribution is -0.120. The van der Waals surface area contributed by atoms with Gasteiger partial charge in [0.05, 0.1) is 5.69 Å². The fourth-order valence-electron chi connectivity index (χ4n) is 4.92. The van der Waals surface area contributed by atoms with Crippen LogP contribution >= 0.6 is 0 Å². The molecule has 6 rings (SSSR count). The van der Waals surface area contributed by atoms with E-state index in [4.69, 9.17) is 0 Å². The Bertz CT molecular complexity index is 1400. The number of amides is 3. The zero-order valence-electron chi connectivity index (χ0n) is 16.8. The second-order valence-electron chi connectivity index (χ2n) is 8.05. The van der Waals surface area contributed by atoms with Crippen molar-refractivity contribution in [3.8, 4) is 0 Å². The quantitative estimate of drug-likeness (QED) is 0.460. The molecule has 2 aliphatic heterocycles. The second-order valence-corrected chi connectivity index (χ2v) is 8.05. The number of anilines is 1. The zero-order valence-corrected chi connectivity index (χ0v) is 16.8. The van der Waals surface area contributed by atoms with Gasteiger partial charge in [-0.15, -0.1) is 0 Å². The minimum Gasteiger partial charge on any atom is -0.356 e. The maximum atomic E-state index is 14.5. The number of imide groups is 1. The average Bonchev–Trinajstić information content (AvgIpc) is 3.29. The van der Waals surface area contributed by atoms with Crippen LogP contribution in [0.5, 0.6) is 0 Å². The predicted octanol–water partition coefficient (Wildman–Crippen LogP) is 4.93. The first-order chi connectivity index (χ1) is 15.5. The summed E-state index contributed by atoms with van der Waals surface area (Å²) in [4.78, 5) is 32.8. The molecular formula is C25H17F2N3O2. The number of nitrogens with zero attached hydrogens (tertiary/aromatic N) is 2. The summed E-state index contributed by atoms with van der Waals surface area (Å²) in [5.74, 6) is -1.51. The number of aromatic nitrogens is 1. The van der Waals surface area contributed by atoms with Crippen molar-refractivity contribution in [3.63, 3.8) is 0 Å². The second kappa shape index (κ2) is 6.75. The molecule has 2 atom stereocenters. The summed E-state index contributed by atoms with van der Waals surface area (Å²) in [7, 11) is 0. The van der Waals surface area contributed by atoms with Gasteiger partial charge in [-0.3, -0.25) is 9.69 Å². The molecule has 4 aromatic rings. The lowest BCUT2D eigenvalue weighted by Gasteiger charge is -2.36. The number of H-pyrrole nitrogens is 1. The van der Waals surface area contributed by atoms with E-state index in [0.29, 0.717) is 12.0 Å². The van der Waals surface area contributed by atoms with Crippen LogP contribution in [0.2, 0.25) is 0 Å². The van der Waals surface area contributed by atoms with Gasteiger partial charge in [-0.25, -0.2) is 18.5 Å². The first-order valence-electron chi connectivity index (χ1n) is 10.3. The van der Waals surface area contributed by atoms with Crippen LogP contribution in [0.25, 0.3) is 10.9 Å². The van der Waals surface area contributed by atoms with Gasteiger partial charge in [-0.2, -0.15) is 0 Å². The lowest BCUT2D eigenvalue weighted by Crippen LogP contribution is -2.44. The van der Waals surface area contributed by atoms with Crippen molar-refractivity contribution < 1.29 is 18.4 Å². The first-order valence-corrected chi connectivity index (χ1v) is 10.3. The first kappa shape index (κ1) is 18.7. The maximum Gasteiger partial charge on any atom is 0.333 e. The molecule has 2 aliphatic rings. The number of nitrogens with one attached hydrogen (secondary N) is 1. The normalized spacial score (nSPS) is 20.1. The number of carbonyl (C=O) groups excluding carboxylic acids is 2. The van der Waals surface area contributed by atoms with Crippen LogP contribution in [0.4, 0.5) is 19.3 Å². The molecule has 0 saturated carbocycles. The van der Waals surface area contributed by atoms with Crippen LogP contribution in [0.15, 0.2) is 72.8 Å². The maximum absolute atomic E-state index is 14.5. The number of hydrogen-bond donors (Lipinski definition) is 1. The summed E-state index contributed by atoms with van der Waals surface area (Å²) in [6.45, 7) is 0. The largest absolute Gasteiger partial charge is 0.356 e. The molecule has 1 fully saturated rings. The van der Waals surface area contributed by atoms with E-state index < -0.39 is 35.7 Å². The number of hydrogen-bond acceptors (Lipinski definition) is 2. The number of urea groups is 1. The van der Waals surface area contributed by atoms with Crippen molar-refractivity contribution in [1.82, 2.24) is 9.88 Å². The Balaban J connectivity index is 1.56. The molecule has 5 nitrogen and oxygen atoms in total. The summed E-state index contributed by atoms with van der Waals surface area (Å²) in [6.07, 6.45) is 0.312. The lowest BCUT2D eigenvalue weighted by atomic mass is 9.89. The van der Waals surface area contributed by atoms with Crippen molar-refractivity contribution in [3.05, 3.63) is 101 Å². The van der Waals surface area contributed by atoms with E-state index in [1.54, 1.807) is 18.2 Å². The Morgan fingerprint density at radius 2 is 1.59 bits per heavy atom. The molecule has 3 aromatic carbocycles. The summed E-state index contributed by atoms with van der Waals surface area (Å²) in [5.41, 5.74) is 3.22. The molecule has 0 aliphatic carbocycles. The van der Waals surface area contributed by atoms with Gasteiger partial charge in [0, 0.05) is 23.0 Å². The van der Waals surface area contributed by atoms with E-state index in [0.717, 1.165) is 27.1 Å². The summed E-state index contributed by atoms with van der Waals surface area (Å²) < 4.78 is 28.2. The van der Waals surface area contributed by atoms with E-state index in [2.05, 4.69) is 4.98 Å². The van der Waals surface area contributed by atoms with E-state index >= 15 is 0 Å². The number of fused-ring (bicyclic) bond motifs is 4. The van der Waals surface area contributed by atoms with Gasteiger partial charge >= 0.3 is 6.03 Å². The van der Waals surface area contributed by atoms with E-state index in [1.165, 1.54) is 35.2 Å². The van der Waals surface area contributed by atoms with E-state index in [1.807, 2.05) is 24.3 Å². The van der Waals surface area contributed by atoms with Gasteiger partial charge in [0.25, 0.3) is 5.91 Å². The number of para-hydroxylation sites is 2. The number of aromatic amines is 1. The molecule has 3 amide bonds. The van der Waals surface area contributed by atoms with Gasteiger partial charge in [-0.1, -0.05) is 42.5 Å². The van der Waals surface area contributed by atoms with Gasteiger partial charge in [-0.05, 0) is 41.5 Å². The Morgan fingerprint density at radius 3 is 2.38 bits per heavy atom. The standard InChI is InChI=1S/C25H17F2N3O2/c26-15-11-9-14(10-12-15)23-22-17(16-5-1-3-7-19(16)28-22)13-21-24(31)30(25(32)29(21)23)20-8-4-2-6-18(20)27/h1-12,21,23,28H,13H2/t21-,23+/m1/s1. The van der Waals surface area contributed by atoms with Crippen molar-refractivity contribution >= 4 is 28.5 Å². The molecule has 0 radical (unpaired) electrons. The fraction of sp³-hybridized carbons (Fsp3) is 0.120. The minimum absolute atomic E-state index is 0.0664. The van der Waals surface area contributed by atoms with Crippen molar-refractivity contribution in [2.75, 3.05) is 4.90 Å². The van der Waals surface area contributed by atoms with Crippen LogP contribution in [0, 0.1) is 11.6 Å². The van der Waals surface area contributed by atoms with Gasteiger partial charge in [0.1, 0.15) is 23.7 Å². The third kappa shape index (κ3) is 2.54. The molecule has 1 aromatic heterocycles. The third-order valence-electron chi connectivity index (χ3n) is 6.33. The van der Waals surface area contributed by atoms with Crippen molar-refractivity contribution in [2.24, 2.45) is 0 Å². The van der Waals surface area contributed by atoms with Crippen LogP contribution < -0.4 is 4.90 Å². The van der Waals surface area contributed by atoms with Crippen molar-refractivity contribution in [2.45, 2.75) is 18.5 Å². The van der Waals surface area contributed by atoms with Crippen molar-refractivity contribution in [1.29, 1.82) is 0 Å². The monoisotopic (exact) mass is 429 g/mol. The molecule has 32 heavy (non-hydrogen) atoms. The highest BCUT2D eigenvalue weighted by atomic mass is 19.1. The Hall–Kier alpha value is -4.00. The predicted molar refractivity (Wildman–Crippen MR) is 115 cm³/mol. The molecule has 158 valence electrons. The van der Waals surface area contributed by atoms with E-state index in [-0.39, 0.29) is 5.69 Å². The fourth-order valence-corrected chi connectivity index (χ4v) is 4.92. The van der Waals surface area contributed by atoms with Gasteiger partial charge in [0.2, 0.25) is 0 Å². The van der Waals surface area contributed by atoms with Crippen LogP contribution in [-0.4, -0.2) is 27.9 Å². The van der Waals surface area contributed by atoms with Crippen LogP contribution in [-0.2, 0) is 11.2 Å². The summed E-state index contributed by atoms with van der Waals surface area (Å²) in [6, 6.07) is 17.4. The minimum atomic E-state index is -0.788. The Morgan fingerprint density at radius 1 is 0.875 bits per heavy atom. The van der Waals surface area contributed by atoms with Gasteiger partial charge in [0.15, 0.2) is 0 Å². The van der Waals surface area contributed by atoms with Crippen LogP contribution in [0.1, 0.15) is 22.9 Å². The highest BCUT2D eigenvalue weighted by molar-refractivity contribution is 6.22. The Kier molecular flexibility index (Phi) is 3.95. The molecular weight excluding hydrogens is 412 g/mol. The number of carbonyl (C=O) groups is 2. The number of benzene rings is 3. The molecule has 1 saturated heterocycles. The summed E-state index contributed by atoms with van der Waals surface area (Å²) >= 11 is 0. The highest BCUT2D eigenvalue weighted by Gasteiger charge is 2.53. The average molecular weight is 429 g/mol. The third-order valence-corrected chi connectivity index (χ3v) is 6.33. The molecule has 0 unspecified atom stereocenters. The molecule has 1 N–H and O–H groups in total.